The van der Waals surface area contributed by atoms with E-state index in [-0.39, 0.29) is 41.7 Å². The van der Waals surface area contributed by atoms with E-state index in [1.807, 2.05) is 33.8 Å². The monoisotopic (exact) mass is 1320 g/mol. The van der Waals surface area contributed by atoms with Crippen molar-refractivity contribution >= 4 is 56.4 Å². The number of hydrogen-bond acceptors (Lipinski definition) is 15. The summed E-state index contributed by atoms with van der Waals surface area (Å²) in [6.07, 6.45) is 15.3. The zero-order valence-electron chi connectivity index (χ0n) is 56.5. The number of piperidine rings is 2. The van der Waals surface area contributed by atoms with Gasteiger partial charge in [-0.1, -0.05) is 80.5 Å². The first kappa shape index (κ1) is 70.9. The summed E-state index contributed by atoms with van der Waals surface area (Å²) < 4.78 is 64.8. The molecule has 2 aromatic heterocycles. The van der Waals surface area contributed by atoms with Crippen molar-refractivity contribution in [3.8, 4) is 45.5 Å². The number of phenolic OH excluding ortho intramolecular Hbond substituents is 1. The predicted molar refractivity (Wildman–Crippen MR) is 360 cm³/mol. The van der Waals surface area contributed by atoms with Crippen LogP contribution < -0.4 is 14.2 Å². The molecular weight excluding hydrogens is 1230 g/mol. The summed E-state index contributed by atoms with van der Waals surface area (Å²) in [6.45, 7) is 22.2. The SMILES string of the molecule is Cc1ccc(S(=O)(=O)OC2CCCN(C(=O)OC(C)(C)C)C2)cc1.Cc1ccc2c(C3CCCCC3)c3n(c2c1)CCOc1cc(O)ccc1-3.Cc1ccc2c(C3CCCCC3)c3n(c2c1)CCOc1cc(OC2CCCN(C(=O)OC(C)(C)C)C2)ccc1-3.O=C=O.O=C=O. The Bertz CT molecular complexity index is 3990. The summed E-state index contributed by atoms with van der Waals surface area (Å²) in [5.41, 5.74) is 13.0. The van der Waals surface area contributed by atoms with Crippen LogP contribution in [0.25, 0.3) is 44.3 Å². The topological polar surface area (TPSA) is 229 Å². The summed E-state index contributed by atoms with van der Waals surface area (Å²) in [5, 5.41) is 12.7. The number of fused-ring (bicyclic) bond motifs is 10. The fourth-order valence-electron chi connectivity index (χ4n) is 14.0. The van der Waals surface area contributed by atoms with Crippen LogP contribution in [-0.2, 0) is 56.0 Å². The summed E-state index contributed by atoms with van der Waals surface area (Å²) in [5.74, 6) is 3.96. The van der Waals surface area contributed by atoms with Crippen LogP contribution in [0.1, 0.15) is 171 Å². The van der Waals surface area contributed by atoms with Gasteiger partial charge in [0.25, 0.3) is 10.1 Å². The Morgan fingerprint density at radius 3 is 1.42 bits per heavy atom. The number of aryl methyl sites for hydroxylation is 3. The Kier molecular flexibility index (Phi) is 23.5. The van der Waals surface area contributed by atoms with Crippen LogP contribution in [0.4, 0.5) is 9.59 Å². The molecule has 508 valence electrons. The third-order valence-electron chi connectivity index (χ3n) is 18.1. The molecule has 2 unspecified atom stereocenters. The summed E-state index contributed by atoms with van der Waals surface area (Å²) in [6, 6.07) is 32.2. The van der Waals surface area contributed by atoms with Crippen LogP contribution in [-0.4, -0.2) is 120 Å². The molecule has 2 aliphatic carbocycles. The van der Waals surface area contributed by atoms with Crippen molar-refractivity contribution in [1.82, 2.24) is 18.9 Å². The zero-order chi connectivity index (χ0) is 68.2. The number of aromatic hydroxyl groups is 1. The number of carbonyl (C=O) groups excluding carboxylic acids is 6. The number of carbonyl (C=O) groups is 2. The molecule has 2 amide bonds. The molecule has 2 atom stereocenters. The average Bonchev–Trinajstić information content (AvgIpc) is 1.59. The van der Waals surface area contributed by atoms with E-state index in [2.05, 4.69) is 77.6 Å². The van der Waals surface area contributed by atoms with E-state index in [1.54, 1.807) is 49.9 Å². The molecule has 6 aliphatic rings. The Hall–Kier alpha value is -8.41. The van der Waals surface area contributed by atoms with Crippen LogP contribution in [0.15, 0.2) is 102 Å². The second kappa shape index (κ2) is 31.4. The molecule has 0 spiro atoms. The van der Waals surface area contributed by atoms with E-state index in [1.165, 1.54) is 137 Å². The lowest BCUT2D eigenvalue weighted by molar-refractivity contribution is -0.193. The molecule has 20 heteroatoms. The number of benzene rings is 5. The van der Waals surface area contributed by atoms with Gasteiger partial charge in [0, 0.05) is 58.2 Å². The quantitative estimate of drug-likeness (QED) is 0.146. The van der Waals surface area contributed by atoms with Crippen molar-refractivity contribution in [2.45, 2.75) is 205 Å². The van der Waals surface area contributed by atoms with Gasteiger partial charge >= 0.3 is 24.5 Å². The number of nitrogens with zero attached hydrogens (tertiary/aromatic N) is 4. The molecule has 7 aromatic rings. The fraction of sp³-hybridized carbons (Fsp3) is 0.493. The van der Waals surface area contributed by atoms with Crippen LogP contribution in [0.2, 0.25) is 0 Å². The molecule has 5 aromatic carbocycles. The Morgan fingerprint density at radius 1 is 0.516 bits per heavy atom. The van der Waals surface area contributed by atoms with E-state index in [4.69, 9.17) is 47.0 Å². The predicted octanol–water partition coefficient (Wildman–Crippen LogP) is 15.5. The smallest absolute Gasteiger partial charge is 0.410 e. The Morgan fingerprint density at radius 2 is 0.947 bits per heavy atom. The van der Waals surface area contributed by atoms with Gasteiger partial charge in [0.05, 0.1) is 48.6 Å². The zero-order valence-corrected chi connectivity index (χ0v) is 57.3. The first-order valence-corrected chi connectivity index (χ1v) is 34.9. The van der Waals surface area contributed by atoms with Crippen LogP contribution in [0.5, 0.6) is 23.0 Å². The largest absolute Gasteiger partial charge is 0.508 e. The molecule has 19 nitrogen and oxygen atoms in total. The average molecular weight is 1320 g/mol. The normalized spacial score (nSPS) is 18.0. The lowest BCUT2D eigenvalue weighted by atomic mass is 9.81. The number of likely N-dealkylation sites (tertiary alicyclic amines) is 2. The van der Waals surface area contributed by atoms with Crippen LogP contribution >= 0.6 is 0 Å². The van der Waals surface area contributed by atoms with Gasteiger partial charge in [-0.2, -0.15) is 27.6 Å². The maximum absolute atomic E-state index is 12.6. The number of rotatable bonds is 7. The molecule has 6 heterocycles. The molecule has 2 saturated heterocycles. The molecule has 2 saturated carbocycles. The third kappa shape index (κ3) is 17.9. The van der Waals surface area contributed by atoms with E-state index < -0.39 is 33.5 Å². The minimum Gasteiger partial charge on any atom is -0.508 e. The summed E-state index contributed by atoms with van der Waals surface area (Å²) >= 11 is 0. The second-order valence-electron chi connectivity index (χ2n) is 27.6. The van der Waals surface area contributed by atoms with E-state index >= 15 is 0 Å². The van der Waals surface area contributed by atoms with Gasteiger partial charge < -0.3 is 47.7 Å². The van der Waals surface area contributed by atoms with Crippen molar-refractivity contribution < 1.29 is 70.2 Å². The molecule has 4 aliphatic heterocycles. The van der Waals surface area contributed by atoms with Crippen molar-refractivity contribution in [3.05, 3.63) is 125 Å². The molecule has 4 fully saturated rings. The number of phenols is 1. The van der Waals surface area contributed by atoms with Crippen molar-refractivity contribution in [3.63, 3.8) is 0 Å². The summed E-state index contributed by atoms with van der Waals surface area (Å²) in [7, 11) is -3.84. The first-order valence-electron chi connectivity index (χ1n) is 33.5. The fourth-order valence-corrected chi connectivity index (χ4v) is 15.1. The number of aromatic nitrogens is 2. The van der Waals surface area contributed by atoms with Gasteiger partial charge in [-0.3, -0.25) is 4.18 Å². The third-order valence-corrected chi connectivity index (χ3v) is 19.4. The van der Waals surface area contributed by atoms with Crippen molar-refractivity contribution in [2.75, 3.05) is 39.4 Å². The van der Waals surface area contributed by atoms with Gasteiger partial charge in [0.15, 0.2) is 0 Å². The second-order valence-corrected chi connectivity index (χ2v) is 29.2. The molecule has 0 radical (unpaired) electrons. The van der Waals surface area contributed by atoms with E-state index in [0.29, 0.717) is 57.5 Å². The molecule has 13 rings (SSSR count). The molecule has 95 heavy (non-hydrogen) atoms. The molecule has 0 bridgehead atoms. The summed E-state index contributed by atoms with van der Waals surface area (Å²) in [4.78, 5) is 60.7. The maximum atomic E-state index is 12.6. The Labute approximate surface area is 558 Å². The van der Waals surface area contributed by atoms with Gasteiger partial charge in [-0.15, -0.1) is 0 Å². The number of amides is 2. The minimum absolute atomic E-state index is 0.0673. The highest BCUT2D eigenvalue weighted by Crippen LogP contribution is 2.50. The lowest BCUT2D eigenvalue weighted by Gasteiger charge is -2.34. The highest BCUT2D eigenvalue weighted by Gasteiger charge is 2.35. The van der Waals surface area contributed by atoms with Crippen molar-refractivity contribution in [1.29, 1.82) is 0 Å². The Balaban J connectivity index is 0.000000166. The highest BCUT2D eigenvalue weighted by atomic mass is 32.2. The van der Waals surface area contributed by atoms with Gasteiger partial charge in [0.1, 0.15) is 53.5 Å². The maximum Gasteiger partial charge on any atom is 0.410 e. The first-order chi connectivity index (χ1) is 45.4. The minimum atomic E-state index is -3.84. The standard InChI is InChI=1S/C33H42N2O4.C23H25NO2.C17H25NO5S.2CO2/c1-22-12-14-26-28(19-22)35-17-18-37-29-20-24(13-15-27(29)31(35)30(26)23-9-6-5-7-10-23)38-25-11-8-16-34(21-25)32(36)39-33(2,3)4;1-15-7-9-18-20(13-15)24-11-12-26-21-14-17(25)8-10-19(21)23(24)22(18)16-5-3-2-4-6-16;1-13-7-9-15(10-8-13)24(20,21)23-14-6-5-11-18(12-14)16(19)22-17(2,3)4;2*2-1-3/h12-15,19-20,23,25H,5-11,16-18,21H2,1-4H3;7-10,13-14,16,25H,2-6,11-12H2,1H3;7-10,14H,5-6,11-12H2,1-4H3;;. The molecular formula is C75H92N4O15S. The lowest BCUT2D eigenvalue weighted by Crippen LogP contribution is -2.46. The van der Waals surface area contributed by atoms with Gasteiger partial charge in [-0.25, -0.2) is 9.59 Å². The van der Waals surface area contributed by atoms with E-state index in [9.17, 15) is 23.1 Å². The molecule has 1 N–H and O–H groups in total. The van der Waals surface area contributed by atoms with Gasteiger partial charge in [-0.05, 0) is 196 Å². The highest BCUT2D eigenvalue weighted by molar-refractivity contribution is 7.86. The van der Waals surface area contributed by atoms with Crippen LogP contribution in [0, 0.1) is 20.8 Å². The van der Waals surface area contributed by atoms with E-state index in [0.717, 1.165) is 59.9 Å². The van der Waals surface area contributed by atoms with Crippen LogP contribution in [0.3, 0.4) is 0 Å². The number of hydrogen-bond donors (Lipinski definition) is 1. The van der Waals surface area contributed by atoms with Gasteiger partial charge in [0.2, 0.25) is 0 Å². The number of ether oxygens (including phenoxy) is 5. The van der Waals surface area contributed by atoms with Crippen molar-refractivity contribution in [2.24, 2.45) is 0 Å².